The molecule has 0 aliphatic carbocycles. The van der Waals surface area contributed by atoms with Gasteiger partial charge in [0.15, 0.2) is 0 Å². The lowest BCUT2D eigenvalue weighted by atomic mass is 9.98. The number of piperidine rings is 1. The van der Waals surface area contributed by atoms with E-state index < -0.39 is 0 Å². The number of halogens is 1. The highest BCUT2D eigenvalue weighted by Gasteiger charge is 2.22. The van der Waals surface area contributed by atoms with E-state index >= 15 is 0 Å². The van der Waals surface area contributed by atoms with Gasteiger partial charge in [0.2, 0.25) is 5.91 Å². The predicted molar refractivity (Wildman–Crippen MR) is 67.1 cm³/mol. The second-order valence-electron chi connectivity index (χ2n) is 4.23. The van der Waals surface area contributed by atoms with E-state index in [1.807, 2.05) is 6.92 Å². The number of ether oxygens (including phenoxy) is 1. The van der Waals surface area contributed by atoms with Crippen molar-refractivity contribution >= 4 is 24.3 Å². The molecular formula is C11H21ClN2O3. The minimum absolute atomic E-state index is 0. The Morgan fingerprint density at radius 1 is 1.53 bits per heavy atom. The van der Waals surface area contributed by atoms with Crippen LogP contribution in [0.1, 0.15) is 26.2 Å². The molecule has 1 fully saturated rings. The molecule has 0 aromatic heterocycles. The Hall–Kier alpha value is -0.810. The number of rotatable bonds is 4. The minimum Gasteiger partial charge on any atom is -0.469 e. The zero-order valence-electron chi connectivity index (χ0n) is 10.3. The van der Waals surface area contributed by atoms with Crippen LogP contribution in [0.15, 0.2) is 0 Å². The molecule has 6 heteroatoms. The molecule has 17 heavy (non-hydrogen) atoms. The molecule has 1 aliphatic heterocycles. The van der Waals surface area contributed by atoms with Crippen molar-refractivity contribution < 1.29 is 14.3 Å². The Morgan fingerprint density at radius 2 is 2.24 bits per heavy atom. The van der Waals surface area contributed by atoms with Crippen LogP contribution in [0.3, 0.4) is 0 Å². The Labute approximate surface area is 108 Å². The summed E-state index contributed by atoms with van der Waals surface area (Å²) in [5.74, 6) is -0.230. The molecule has 0 radical (unpaired) electrons. The molecule has 0 saturated carbocycles. The van der Waals surface area contributed by atoms with Crippen molar-refractivity contribution in [2.75, 3.05) is 20.2 Å². The molecule has 2 N–H and O–H groups in total. The number of hydrogen-bond donors (Lipinski definition) is 2. The van der Waals surface area contributed by atoms with Crippen LogP contribution in [0, 0.1) is 5.92 Å². The maximum absolute atomic E-state index is 11.8. The Balaban J connectivity index is 0.00000256. The van der Waals surface area contributed by atoms with Crippen molar-refractivity contribution in [3.05, 3.63) is 0 Å². The molecule has 0 aromatic carbocycles. The number of nitrogens with one attached hydrogen (secondary N) is 2. The molecule has 1 saturated heterocycles. The van der Waals surface area contributed by atoms with Crippen molar-refractivity contribution in [2.24, 2.45) is 5.92 Å². The second kappa shape index (κ2) is 8.31. The van der Waals surface area contributed by atoms with Gasteiger partial charge in [0, 0.05) is 12.6 Å². The van der Waals surface area contributed by atoms with Crippen LogP contribution < -0.4 is 10.6 Å². The standard InChI is InChI=1S/C11H20N2O3.ClH/c1-8(6-10(14)16-2)13-11(15)9-4-3-5-12-7-9;/h8-9,12H,3-7H2,1-2H3,(H,13,15);1H. The van der Waals surface area contributed by atoms with Gasteiger partial charge in [-0.3, -0.25) is 9.59 Å². The fourth-order valence-electron chi connectivity index (χ4n) is 1.82. The summed E-state index contributed by atoms with van der Waals surface area (Å²) in [6.07, 6.45) is 2.18. The van der Waals surface area contributed by atoms with E-state index in [-0.39, 0.29) is 42.7 Å². The molecule has 2 unspecified atom stereocenters. The fraction of sp³-hybridized carbons (Fsp3) is 0.818. The van der Waals surface area contributed by atoms with Gasteiger partial charge in [0.25, 0.3) is 0 Å². The van der Waals surface area contributed by atoms with Crippen LogP contribution in [0.5, 0.6) is 0 Å². The monoisotopic (exact) mass is 264 g/mol. The highest BCUT2D eigenvalue weighted by Crippen LogP contribution is 2.10. The van der Waals surface area contributed by atoms with Gasteiger partial charge >= 0.3 is 5.97 Å². The first-order valence-corrected chi connectivity index (χ1v) is 5.71. The van der Waals surface area contributed by atoms with Crippen LogP contribution in [-0.2, 0) is 14.3 Å². The summed E-state index contributed by atoms with van der Waals surface area (Å²) >= 11 is 0. The quantitative estimate of drug-likeness (QED) is 0.725. The zero-order valence-corrected chi connectivity index (χ0v) is 11.1. The topological polar surface area (TPSA) is 67.4 Å². The largest absolute Gasteiger partial charge is 0.469 e. The summed E-state index contributed by atoms with van der Waals surface area (Å²) in [7, 11) is 1.35. The van der Waals surface area contributed by atoms with E-state index in [1.165, 1.54) is 7.11 Å². The lowest BCUT2D eigenvalue weighted by Crippen LogP contribution is -2.44. The number of methoxy groups -OCH3 is 1. The maximum atomic E-state index is 11.8. The van der Waals surface area contributed by atoms with Gasteiger partial charge in [-0.2, -0.15) is 0 Å². The zero-order chi connectivity index (χ0) is 12.0. The molecule has 0 bridgehead atoms. The average molecular weight is 265 g/mol. The third-order valence-electron chi connectivity index (χ3n) is 2.76. The molecule has 1 aliphatic rings. The van der Waals surface area contributed by atoms with Crippen molar-refractivity contribution in [1.82, 2.24) is 10.6 Å². The minimum atomic E-state index is -0.297. The van der Waals surface area contributed by atoms with Crippen molar-refractivity contribution in [1.29, 1.82) is 0 Å². The number of hydrogen-bond acceptors (Lipinski definition) is 4. The number of carbonyl (C=O) groups excluding carboxylic acids is 2. The molecule has 100 valence electrons. The van der Waals surface area contributed by atoms with Crippen LogP contribution in [0.2, 0.25) is 0 Å². The molecule has 2 atom stereocenters. The first-order chi connectivity index (χ1) is 7.63. The van der Waals surface area contributed by atoms with Crippen molar-refractivity contribution in [2.45, 2.75) is 32.2 Å². The van der Waals surface area contributed by atoms with Crippen molar-refractivity contribution in [3.63, 3.8) is 0 Å². The van der Waals surface area contributed by atoms with E-state index in [1.54, 1.807) is 0 Å². The van der Waals surface area contributed by atoms with Gasteiger partial charge < -0.3 is 15.4 Å². The third-order valence-corrected chi connectivity index (χ3v) is 2.76. The lowest BCUT2D eigenvalue weighted by Gasteiger charge is -2.23. The van der Waals surface area contributed by atoms with E-state index in [4.69, 9.17) is 0 Å². The molecule has 0 spiro atoms. The number of carbonyl (C=O) groups is 2. The van der Waals surface area contributed by atoms with Crippen LogP contribution >= 0.6 is 12.4 Å². The summed E-state index contributed by atoms with van der Waals surface area (Å²) in [6, 6.07) is -0.165. The first kappa shape index (κ1) is 16.2. The molecule has 5 nitrogen and oxygen atoms in total. The smallest absolute Gasteiger partial charge is 0.307 e. The van der Waals surface area contributed by atoms with Crippen LogP contribution in [0.4, 0.5) is 0 Å². The molecular weight excluding hydrogens is 244 g/mol. The number of amides is 1. The van der Waals surface area contributed by atoms with Crippen molar-refractivity contribution in [3.8, 4) is 0 Å². The summed E-state index contributed by atoms with van der Waals surface area (Å²) in [5.41, 5.74) is 0. The predicted octanol–water partition coefficient (Wildman–Crippen LogP) is 0.476. The van der Waals surface area contributed by atoms with Gasteiger partial charge in [0.1, 0.15) is 0 Å². The maximum Gasteiger partial charge on any atom is 0.307 e. The van der Waals surface area contributed by atoms with Gasteiger partial charge in [-0.05, 0) is 26.3 Å². The highest BCUT2D eigenvalue weighted by atomic mass is 35.5. The molecule has 0 aromatic rings. The molecule has 1 rings (SSSR count). The lowest BCUT2D eigenvalue weighted by molar-refractivity contribution is -0.141. The Bertz CT molecular complexity index is 255. The Morgan fingerprint density at radius 3 is 2.76 bits per heavy atom. The SMILES string of the molecule is COC(=O)CC(C)NC(=O)C1CCCNC1.Cl. The summed E-state index contributed by atoms with van der Waals surface area (Å²) in [5, 5.41) is 6.02. The van der Waals surface area contributed by atoms with E-state index in [2.05, 4.69) is 15.4 Å². The fourth-order valence-corrected chi connectivity index (χ4v) is 1.82. The summed E-state index contributed by atoms with van der Waals surface area (Å²) < 4.78 is 4.55. The van der Waals surface area contributed by atoms with E-state index in [0.29, 0.717) is 0 Å². The molecule has 1 heterocycles. The number of esters is 1. The third kappa shape index (κ3) is 5.89. The first-order valence-electron chi connectivity index (χ1n) is 5.71. The second-order valence-corrected chi connectivity index (χ2v) is 4.23. The van der Waals surface area contributed by atoms with E-state index in [0.717, 1.165) is 25.9 Å². The van der Waals surface area contributed by atoms with Gasteiger partial charge in [-0.25, -0.2) is 0 Å². The normalized spacial score (nSPS) is 20.9. The average Bonchev–Trinajstić information content (AvgIpc) is 2.29. The highest BCUT2D eigenvalue weighted by molar-refractivity contribution is 5.85. The van der Waals surface area contributed by atoms with Gasteiger partial charge in [-0.1, -0.05) is 0 Å². The summed E-state index contributed by atoms with van der Waals surface area (Å²) in [4.78, 5) is 22.8. The van der Waals surface area contributed by atoms with Crippen LogP contribution in [0.25, 0.3) is 0 Å². The van der Waals surface area contributed by atoms with Gasteiger partial charge in [-0.15, -0.1) is 12.4 Å². The summed E-state index contributed by atoms with van der Waals surface area (Å²) in [6.45, 7) is 3.53. The Kier molecular flexibility index (Phi) is 7.91. The van der Waals surface area contributed by atoms with E-state index in [9.17, 15) is 9.59 Å². The van der Waals surface area contributed by atoms with Crippen LogP contribution in [-0.4, -0.2) is 38.1 Å². The molecule has 1 amide bonds. The van der Waals surface area contributed by atoms with Gasteiger partial charge in [0.05, 0.1) is 19.4 Å².